The van der Waals surface area contributed by atoms with Crippen molar-refractivity contribution in [1.82, 2.24) is 4.90 Å². The van der Waals surface area contributed by atoms with E-state index in [4.69, 9.17) is 0 Å². The van der Waals surface area contributed by atoms with Gasteiger partial charge in [-0.2, -0.15) is 0 Å². The maximum atomic E-state index is 13.0. The van der Waals surface area contributed by atoms with Crippen molar-refractivity contribution in [3.63, 3.8) is 0 Å². The molecule has 1 N–H and O–H groups in total. The number of amides is 1. The highest BCUT2D eigenvalue weighted by molar-refractivity contribution is 6.00. The highest BCUT2D eigenvalue weighted by Gasteiger charge is 2.27. The highest BCUT2D eigenvalue weighted by Crippen LogP contribution is 2.27. The monoisotopic (exact) mass is 288 g/mol. The molecular weight excluding hydrogens is 260 g/mol. The molecule has 0 heterocycles. The van der Waals surface area contributed by atoms with Gasteiger partial charge in [0, 0.05) is 24.8 Å². The third-order valence-electron chi connectivity index (χ3n) is 4.34. The lowest BCUT2D eigenvalue weighted by Gasteiger charge is -2.28. The summed E-state index contributed by atoms with van der Waals surface area (Å²) in [7, 11) is 0. The van der Waals surface area contributed by atoms with Gasteiger partial charge >= 0.3 is 0 Å². The molecule has 1 saturated carbocycles. The minimum Gasteiger partial charge on any atom is -0.384 e. The molecule has 0 atom stereocenters. The Balaban J connectivity index is 2.24. The van der Waals surface area contributed by atoms with Crippen LogP contribution in [0.25, 0.3) is 0 Å². The van der Waals surface area contributed by atoms with Gasteiger partial charge in [-0.05, 0) is 45.2 Å². The SMILES string of the molecule is CCCNc1ccc(C)cc1C(=O)N(CC)C1CCCC1. The first kappa shape index (κ1) is 15.9. The van der Waals surface area contributed by atoms with Crippen molar-refractivity contribution in [2.75, 3.05) is 18.4 Å². The zero-order valence-corrected chi connectivity index (χ0v) is 13.6. The molecule has 1 aromatic carbocycles. The average Bonchev–Trinajstić information content (AvgIpc) is 3.00. The molecule has 1 fully saturated rings. The predicted octanol–water partition coefficient (Wildman–Crippen LogP) is 4.22. The van der Waals surface area contributed by atoms with Gasteiger partial charge in [0.2, 0.25) is 0 Å². The van der Waals surface area contributed by atoms with Crippen molar-refractivity contribution in [3.05, 3.63) is 29.3 Å². The van der Waals surface area contributed by atoms with Crippen LogP contribution in [0.5, 0.6) is 0 Å². The Labute approximate surface area is 128 Å². The van der Waals surface area contributed by atoms with E-state index in [2.05, 4.69) is 30.1 Å². The third-order valence-corrected chi connectivity index (χ3v) is 4.34. The fourth-order valence-corrected chi connectivity index (χ4v) is 3.19. The number of anilines is 1. The van der Waals surface area contributed by atoms with E-state index in [-0.39, 0.29) is 5.91 Å². The first-order valence-electron chi connectivity index (χ1n) is 8.32. The molecule has 1 aliphatic carbocycles. The molecule has 21 heavy (non-hydrogen) atoms. The van der Waals surface area contributed by atoms with Gasteiger partial charge in [0.25, 0.3) is 5.91 Å². The predicted molar refractivity (Wildman–Crippen MR) is 88.9 cm³/mol. The Kier molecular flexibility index (Phi) is 5.66. The minimum atomic E-state index is 0.187. The first-order valence-corrected chi connectivity index (χ1v) is 8.32. The fourth-order valence-electron chi connectivity index (χ4n) is 3.19. The molecular formula is C18H28N2O. The largest absolute Gasteiger partial charge is 0.384 e. The second kappa shape index (κ2) is 7.48. The smallest absolute Gasteiger partial charge is 0.256 e. The molecule has 2 rings (SSSR count). The molecule has 116 valence electrons. The van der Waals surface area contributed by atoms with Gasteiger partial charge in [-0.25, -0.2) is 0 Å². The number of hydrogen-bond donors (Lipinski definition) is 1. The lowest BCUT2D eigenvalue weighted by molar-refractivity contribution is 0.0694. The zero-order valence-electron chi connectivity index (χ0n) is 13.6. The molecule has 1 aromatic rings. The van der Waals surface area contributed by atoms with E-state index < -0.39 is 0 Å². The molecule has 3 heteroatoms. The quantitative estimate of drug-likeness (QED) is 0.850. The molecule has 1 amide bonds. The number of carbonyl (C=O) groups is 1. The van der Waals surface area contributed by atoms with Gasteiger partial charge in [0.05, 0.1) is 5.56 Å². The normalized spacial score (nSPS) is 15.2. The number of aryl methyl sites for hydroxylation is 1. The van der Waals surface area contributed by atoms with Crippen LogP contribution in [0.1, 0.15) is 61.9 Å². The molecule has 1 aliphatic rings. The Morgan fingerprint density at radius 3 is 2.62 bits per heavy atom. The summed E-state index contributed by atoms with van der Waals surface area (Å²) in [5.74, 6) is 0.187. The molecule has 0 aliphatic heterocycles. The summed E-state index contributed by atoms with van der Waals surface area (Å²) in [5.41, 5.74) is 2.95. The summed E-state index contributed by atoms with van der Waals surface area (Å²) < 4.78 is 0. The number of hydrogen-bond acceptors (Lipinski definition) is 2. The molecule has 0 radical (unpaired) electrons. The summed E-state index contributed by atoms with van der Waals surface area (Å²) in [4.78, 5) is 15.1. The second-order valence-electron chi connectivity index (χ2n) is 6.01. The van der Waals surface area contributed by atoms with Crippen molar-refractivity contribution in [3.8, 4) is 0 Å². The van der Waals surface area contributed by atoms with E-state index in [9.17, 15) is 4.79 Å². The minimum absolute atomic E-state index is 0.187. The van der Waals surface area contributed by atoms with Gasteiger partial charge in [0.15, 0.2) is 0 Å². The van der Waals surface area contributed by atoms with Gasteiger partial charge in [0.1, 0.15) is 0 Å². The Bertz CT molecular complexity index is 478. The molecule has 3 nitrogen and oxygen atoms in total. The maximum absolute atomic E-state index is 13.0. The van der Waals surface area contributed by atoms with Crippen molar-refractivity contribution >= 4 is 11.6 Å². The van der Waals surface area contributed by atoms with Crippen molar-refractivity contribution in [2.24, 2.45) is 0 Å². The van der Waals surface area contributed by atoms with E-state index in [1.165, 1.54) is 12.8 Å². The number of nitrogens with zero attached hydrogens (tertiary/aromatic N) is 1. The van der Waals surface area contributed by atoms with Gasteiger partial charge in [-0.3, -0.25) is 4.79 Å². The lowest BCUT2D eigenvalue weighted by Crippen LogP contribution is -2.39. The zero-order chi connectivity index (χ0) is 15.2. The Hall–Kier alpha value is -1.51. The van der Waals surface area contributed by atoms with Crippen LogP contribution in [0.2, 0.25) is 0 Å². The Morgan fingerprint density at radius 2 is 2.00 bits per heavy atom. The lowest BCUT2D eigenvalue weighted by atomic mass is 10.1. The number of nitrogens with one attached hydrogen (secondary N) is 1. The standard InChI is InChI=1S/C18H28N2O/c1-4-12-19-17-11-10-14(3)13-16(17)18(21)20(5-2)15-8-6-7-9-15/h10-11,13,15,19H,4-9,12H2,1-3H3. The second-order valence-corrected chi connectivity index (χ2v) is 6.01. The fraction of sp³-hybridized carbons (Fsp3) is 0.611. The first-order chi connectivity index (χ1) is 10.2. The maximum Gasteiger partial charge on any atom is 0.256 e. The molecule has 0 unspecified atom stereocenters. The van der Waals surface area contributed by atoms with Crippen LogP contribution < -0.4 is 5.32 Å². The van der Waals surface area contributed by atoms with Crippen LogP contribution in [0, 0.1) is 6.92 Å². The van der Waals surface area contributed by atoms with Crippen LogP contribution >= 0.6 is 0 Å². The van der Waals surface area contributed by atoms with E-state index in [1.54, 1.807) is 0 Å². The highest BCUT2D eigenvalue weighted by atomic mass is 16.2. The molecule has 0 aromatic heterocycles. The summed E-state index contributed by atoms with van der Waals surface area (Å²) >= 11 is 0. The summed E-state index contributed by atoms with van der Waals surface area (Å²) in [5, 5.41) is 3.39. The van der Waals surface area contributed by atoms with Crippen molar-refractivity contribution < 1.29 is 4.79 Å². The number of benzene rings is 1. The Morgan fingerprint density at radius 1 is 1.29 bits per heavy atom. The van der Waals surface area contributed by atoms with Crippen LogP contribution in [0.15, 0.2) is 18.2 Å². The summed E-state index contributed by atoms with van der Waals surface area (Å²) in [6.45, 7) is 7.97. The molecule has 0 bridgehead atoms. The number of rotatable bonds is 6. The van der Waals surface area contributed by atoms with E-state index in [1.807, 2.05) is 19.1 Å². The number of carbonyl (C=O) groups excluding carboxylic acids is 1. The van der Waals surface area contributed by atoms with Crippen LogP contribution in [0.4, 0.5) is 5.69 Å². The molecule has 0 spiro atoms. The van der Waals surface area contributed by atoms with Gasteiger partial charge in [-0.15, -0.1) is 0 Å². The van der Waals surface area contributed by atoms with Gasteiger partial charge < -0.3 is 10.2 Å². The van der Waals surface area contributed by atoms with Crippen LogP contribution in [-0.2, 0) is 0 Å². The topological polar surface area (TPSA) is 32.3 Å². The van der Waals surface area contributed by atoms with E-state index in [0.717, 1.165) is 49.2 Å². The van der Waals surface area contributed by atoms with Crippen molar-refractivity contribution in [1.29, 1.82) is 0 Å². The van der Waals surface area contributed by atoms with Crippen molar-refractivity contribution in [2.45, 2.75) is 58.9 Å². The third kappa shape index (κ3) is 3.78. The summed E-state index contributed by atoms with van der Waals surface area (Å²) in [6.07, 6.45) is 5.88. The van der Waals surface area contributed by atoms with Gasteiger partial charge in [-0.1, -0.05) is 31.4 Å². The van der Waals surface area contributed by atoms with E-state index in [0.29, 0.717) is 6.04 Å². The average molecular weight is 288 g/mol. The van der Waals surface area contributed by atoms with E-state index >= 15 is 0 Å². The summed E-state index contributed by atoms with van der Waals surface area (Å²) in [6, 6.07) is 6.57. The molecule has 0 saturated heterocycles. The van der Waals surface area contributed by atoms with Crippen LogP contribution in [-0.4, -0.2) is 29.9 Å². The van der Waals surface area contributed by atoms with Crippen LogP contribution in [0.3, 0.4) is 0 Å².